The molecule has 1 N–H and O–H groups in total. The molecule has 0 radical (unpaired) electrons. The molecular formula is C8H15NO. The van der Waals surface area contributed by atoms with E-state index in [1.807, 2.05) is 0 Å². The standard InChI is InChI=1S/C8H15NO/c10-6-8-5-9-3-1-7(8)2-4-9/h7-8,10H,1-6H2/t8-/m1/s1. The van der Waals surface area contributed by atoms with Crippen LogP contribution < -0.4 is 0 Å². The SMILES string of the molecule is OC[C@H]1CN2CCC1CC2. The van der Waals surface area contributed by atoms with Gasteiger partial charge in [0.25, 0.3) is 0 Å². The Morgan fingerprint density at radius 3 is 2.30 bits per heavy atom. The molecule has 0 aromatic carbocycles. The minimum absolute atomic E-state index is 0.404. The summed E-state index contributed by atoms with van der Waals surface area (Å²) in [5.41, 5.74) is 0. The van der Waals surface area contributed by atoms with Gasteiger partial charge < -0.3 is 10.0 Å². The van der Waals surface area contributed by atoms with E-state index in [4.69, 9.17) is 5.11 Å². The Bertz CT molecular complexity index is 118. The van der Waals surface area contributed by atoms with Crippen molar-refractivity contribution in [1.82, 2.24) is 4.90 Å². The maximum absolute atomic E-state index is 8.99. The topological polar surface area (TPSA) is 23.5 Å². The first kappa shape index (κ1) is 6.62. The molecule has 3 saturated heterocycles. The molecule has 0 saturated carbocycles. The predicted octanol–water partition coefficient (Wildman–Crippen LogP) is 0.320. The van der Waals surface area contributed by atoms with E-state index in [1.165, 1.54) is 25.9 Å². The quantitative estimate of drug-likeness (QED) is 0.568. The maximum atomic E-state index is 8.99. The Labute approximate surface area is 61.8 Å². The van der Waals surface area contributed by atoms with Crippen LogP contribution in [0.3, 0.4) is 0 Å². The van der Waals surface area contributed by atoms with Gasteiger partial charge in [0.05, 0.1) is 0 Å². The third-order valence-electron chi connectivity index (χ3n) is 3.03. The van der Waals surface area contributed by atoms with Crippen molar-refractivity contribution in [2.24, 2.45) is 11.8 Å². The van der Waals surface area contributed by atoms with E-state index in [9.17, 15) is 0 Å². The lowest BCUT2D eigenvalue weighted by Crippen LogP contribution is -2.48. The van der Waals surface area contributed by atoms with E-state index in [2.05, 4.69) is 4.90 Å². The Balaban J connectivity index is 2.01. The van der Waals surface area contributed by atoms with Crippen LogP contribution in [0, 0.1) is 11.8 Å². The molecule has 3 aliphatic heterocycles. The molecule has 58 valence electrons. The summed E-state index contributed by atoms with van der Waals surface area (Å²) in [7, 11) is 0. The first-order chi connectivity index (χ1) is 4.90. The molecule has 1 atom stereocenters. The molecule has 10 heavy (non-hydrogen) atoms. The first-order valence-corrected chi connectivity index (χ1v) is 4.23. The van der Waals surface area contributed by atoms with Gasteiger partial charge in [-0.3, -0.25) is 0 Å². The summed E-state index contributed by atoms with van der Waals surface area (Å²) >= 11 is 0. The minimum Gasteiger partial charge on any atom is -0.396 e. The van der Waals surface area contributed by atoms with Crippen molar-refractivity contribution < 1.29 is 5.11 Å². The van der Waals surface area contributed by atoms with Crippen LogP contribution in [0.4, 0.5) is 0 Å². The second-order valence-corrected chi connectivity index (χ2v) is 3.58. The van der Waals surface area contributed by atoms with Crippen LogP contribution in [0.25, 0.3) is 0 Å². The van der Waals surface area contributed by atoms with E-state index >= 15 is 0 Å². The highest BCUT2D eigenvalue weighted by Crippen LogP contribution is 2.31. The van der Waals surface area contributed by atoms with Gasteiger partial charge in [-0.1, -0.05) is 0 Å². The van der Waals surface area contributed by atoms with Crippen molar-refractivity contribution in [3.05, 3.63) is 0 Å². The van der Waals surface area contributed by atoms with E-state index in [0.717, 1.165) is 12.5 Å². The highest BCUT2D eigenvalue weighted by Gasteiger charge is 2.33. The lowest BCUT2D eigenvalue weighted by atomic mass is 9.80. The zero-order valence-electron chi connectivity index (χ0n) is 6.29. The third kappa shape index (κ3) is 0.956. The van der Waals surface area contributed by atoms with E-state index in [-0.39, 0.29) is 0 Å². The number of piperidine rings is 3. The van der Waals surface area contributed by atoms with Crippen molar-refractivity contribution in [2.75, 3.05) is 26.2 Å². The average Bonchev–Trinajstić information content (AvgIpc) is 2.06. The lowest BCUT2D eigenvalue weighted by Gasteiger charge is -2.44. The molecule has 3 fully saturated rings. The van der Waals surface area contributed by atoms with Gasteiger partial charge in [-0.2, -0.15) is 0 Å². The van der Waals surface area contributed by atoms with Gasteiger partial charge in [0.1, 0.15) is 0 Å². The number of rotatable bonds is 1. The molecule has 0 spiro atoms. The van der Waals surface area contributed by atoms with Crippen LogP contribution in [0.5, 0.6) is 0 Å². The third-order valence-corrected chi connectivity index (χ3v) is 3.03. The van der Waals surface area contributed by atoms with Crippen molar-refractivity contribution >= 4 is 0 Å². The lowest BCUT2D eigenvalue weighted by molar-refractivity contribution is 0.0198. The number of hydrogen-bond donors (Lipinski definition) is 1. The van der Waals surface area contributed by atoms with Gasteiger partial charge in [-0.15, -0.1) is 0 Å². The van der Waals surface area contributed by atoms with Crippen LogP contribution in [-0.4, -0.2) is 36.2 Å². The molecule has 0 aliphatic carbocycles. The zero-order valence-corrected chi connectivity index (χ0v) is 6.29. The highest BCUT2D eigenvalue weighted by molar-refractivity contribution is 4.85. The normalized spacial score (nSPS) is 45.9. The van der Waals surface area contributed by atoms with Gasteiger partial charge in [0.2, 0.25) is 0 Å². The summed E-state index contributed by atoms with van der Waals surface area (Å²) in [6.45, 7) is 4.12. The zero-order chi connectivity index (χ0) is 6.97. The van der Waals surface area contributed by atoms with Crippen molar-refractivity contribution in [1.29, 1.82) is 0 Å². The van der Waals surface area contributed by atoms with Crippen LogP contribution in [0.15, 0.2) is 0 Å². The van der Waals surface area contributed by atoms with Crippen molar-refractivity contribution in [3.8, 4) is 0 Å². The second kappa shape index (κ2) is 2.51. The Kier molecular flexibility index (Phi) is 1.66. The summed E-state index contributed by atoms with van der Waals surface area (Å²) in [5.74, 6) is 1.44. The monoisotopic (exact) mass is 141 g/mol. The van der Waals surface area contributed by atoms with Gasteiger partial charge in [-0.05, 0) is 37.8 Å². The van der Waals surface area contributed by atoms with Gasteiger partial charge in [-0.25, -0.2) is 0 Å². The molecule has 0 aromatic rings. The molecule has 2 nitrogen and oxygen atoms in total. The molecule has 0 unspecified atom stereocenters. The number of nitrogens with zero attached hydrogens (tertiary/aromatic N) is 1. The number of fused-ring (bicyclic) bond motifs is 3. The molecule has 0 aromatic heterocycles. The summed E-state index contributed by atoms with van der Waals surface area (Å²) < 4.78 is 0. The largest absolute Gasteiger partial charge is 0.396 e. The number of hydrogen-bond acceptors (Lipinski definition) is 2. The van der Waals surface area contributed by atoms with E-state index in [1.54, 1.807) is 0 Å². The summed E-state index contributed by atoms with van der Waals surface area (Å²) in [6.07, 6.45) is 2.65. The van der Waals surface area contributed by atoms with E-state index < -0.39 is 0 Å². The van der Waals surface area contributed by atoms with Crippen LogP contribution in [0.2, 0.25) is 0 Å². The Morgan fingerprint density at radius 2 is 2.00 bits per heavy atom. The molecule has 2 bridgehead atoms. The van der Waals surface area contributed by atoms with Crippen molar-refractivity contribution in [2.45, 2.75) is 12.8 Å². The molecule has 2 heteroatoms. The van der Waals surface area contributed by atoms with Crippen LogP contribution in [0.1, 0.15) is 12.8 Å². The Morgan fingerprint density at radius 1 is 1.30 bits per heavy atom. The van der Waals surface area contributed by atoms with E-state index in [0.29, 0.717) is 12.5 Å². The second-order valence-electron chi connectivity index (χ2n) is 3.58. The van der Waals surface area contributed by atoms with Crippen LogP contribution in [-0.2, 0) is 0 Å². The fourth-order valence-corrected chi connectivity index (χ4v) is 2.29. The predicted molar refractivity (Wildman–Crippen MR) is 39.7 cm³/mol. The molecule has 3 aliphatic rings. The van der Waals surface area contributed by atoms with Crippen LogP contribution >= 0.6 is 0 Å². The summed E-state index contributed by atoms with van der Waals surface area (Å²) in [4.78, 5) is 2.47. The summed E-state index contributed by atoms with van der Waals surface area (Å²) in [6, 6.07) is 0. The van der Waals surface area contributed by atoms with Gasteiger partial charge >= 0.3 is 0 Å². The minimum atomic E-state index is 0.404. The highest BCUT2D eigenvalue weighted by atomic mass is 16.3. The van der Waals surface area contributed by atoms with Crippen molar-refractivity contribution in [3.63, 3.8) is 0 Å². The fourth-order valence-electron chi connectivity index (χ4n) is 2.29. The summed E-state index contributed by atoms with van der Waals surface area (Å²) in [5, 5.41) is 8.99. The number of aliphatic hydroxyl groups excluding tert-OH is 1. The maximum Gasteiger partial charge on any atom is 0.0474 e. The fraction of sp³-hybridized carbons (Fsp3) is 1.00. The average molecular weight is 141 g/mol. The molecule has 3 heterocycles. The van der Waals surface area contributed by atoms with Gasteiger partial charge in [0, 0.05) is 13.2 Å². The molecule has 3 rings (SSSR count). The molecule has 0 amide bonds. The molecular weight excluding hydrogens is 126 g/mol. The first-order valence-electron chi connectivity index (χ1n) is 4.23. The number of aliphatic hydroxyl groups is 1. The Hall–Kier alpha value is -0.0800. The van der Waals surface area contributed by atoms with Gasteiger partial charge in [0.15, 0.2) is 0 Å². The smallest absolute Gasteiger partial charge is 0.0474 e.